The lowest BCUT2D eigenvalue weighted by Crippen LogP contribution is -2.12. The summed E-state index contributed by atoms with van der Waals surface area (Å²) in [5, 5.41) is 9.10. The number of allylic oxidation sites excluding steroid dienone is 1. The van der Waals surface area contributed by atoms with Gasteiger partial charge in [0.05, 0.1) is 17.3 Å². The molecule has 7 nitrogen and oxygen atoms in total. The number of hydrogen-bond acceptors (Lipinski definition) is 6. The lowest BCUT2D eigenvalue weighted by atomic mass is 10.1. The average Bonchev–Trinajstić information content (AvgIpc) is 3.29. The highest BCUT2D eigenvalue weighted by Crippen LogP contribution is 2.30. The van der Waals surface area contributed by atoms with Crippen LogP contribution >= 0.6 is 11.8 Å². The smallest absolute Gasteiger partial charge is 0.191 e. The van der Waals surface area contributed by atoms with Crippen LogP contribution in [0.2, 0.25) is 0 Å². The van der Waals surface area contributed by atoms with Gasteiger partial charge in [0.2, 0.25) is 0 Å². The van der Waals surface area contributed by atoms with Crippen LogP contribution in [0.1, 0.15) is 46.8 Å². The Hall–Kier alpha value is -1.87. The van der Waals surface area contributed by atoms with Crippen LogP contribution < -0.4 is 0 Å². The molecule has 1 aliphatic heterocycles. The van der Waals surface area contributed by atoms with Crippen LogP contribution in [0.25, 0.3) is 0 Å². The number of thioether (sulfide) groups is 1. The van der Waals surface area contributed by atoms with Crippen LogP contribution in [-0.2, 0) is 22.9 Å². The van der Waals surface area contributed by atoms with Crippen molar-refractivity contribution in [1.82, 2.24) is 19.3 Å². The summed E-state index contributed by atoms with van der Waals surface area (Å²) in [6.07, 6.45) is 2.29. The maximum Gasteiger partial charge on any atom is 0.191 e. The maximum atomic E-state index is 12.7. The number of Topliss-reactive ketones (excluding diaryl/α,β-unsaturated/α-hetero) is 1. The quantitative estimate of drug-likeness (QED) is 0.369. The van der Waals surface area contributed by atoms with E-state index in [4.69, 9.17) is 0 Å². The summed E-state index contributed by atoms with van der Waals surface area (Å²) in [6, 6.07) is 1.94. The number of carbonyl (C=O) groups is 1. The molecule has 0 spiro atoms. The fraction of sp³-hybridized carbons (Fsp3) is 0.526. The summed E-state index contributed by atoms with van der Waals surface area (Å²) >= 11 is 1.33. The zero-order chi connectivity index (χ0) is 20.5. The zero-order valence-corrected chi connectivity index (χ0v) is 18.1. The first kappa shape index (κ1) is 20.9. The highest BCUT2D eigenvalue weighted by atomic mass is 32.2. The molecule has 3 rings (SSSR count). The van der Waals surface area contributed by atoms with Gasteiger partial charge < -0.3 is 9.13 Å². The van der Waals surface area contributed by atoms with Gasteiger partial charge in [-0.3, -0.25) is 4.79 Å². The number of hydrogen-bond donors (Lipinski definition) is 0. The van der Waals surface area contributed by atoms with Gasteiger partial charge in [-0.15, -0.1) is 16.8 Å². The molecule has 1 saturated heterocycles. The van der Waals surface area contributed by atoms with Crippen LogP contribution in [-0.4, -0.2) is 50.8 Å². The SMILES string of the molecule is C=CCn1c(SCC(=O)c2cc(C)n(CC)c2C)nnc1C1CCS(=O)(=O)C1. The van der Waals surface area contributed by atoms with Crippen LogP contribution in [0.3, 0.4) is 0 Å². The summed E-state index contributed by atoms with van der Waals surface area (Å²) in [5.41, 5.74) is 2.80. The lowest BCUT2D eigenvalue weighted by molar-refractivity contribution is 0.102. The molecule has 28 heavy (non-hydrogen) atoms. The molecule has 0 aliphatic carbocycles. The van der Waals surface area contributed by atoms with Gasteiger partial charge in [0.1, 0.15) is 5.82 Å². The van der Waals surface area contributed by atoms with Crippen molar-refractivity contribution in [2.45, 2.75) is 51.4 Å². The molecule has 0 N–H and O–H groups in total. The highest BCUT2D eigenvalue weighted by molar-refractivity contribution is 7.99. The molecule has 0 bridgehead atoms. The summed E-state index contributed by atoms with van der Waals surface area (Å²) in [7, 11) is -3.01. The lowest BCUT2D eigenvalue weighted by Gasteiger charge is -2.11. The Balaban J connectivity index is 1.77. The third kappa shape index (κ3) is 4.10. The normalized spacial score (nSPS) is 18.5. The maximum absolute atomic E-state index is 12.7. The van der Waals surface area contributed by atoms with E-state index in [0.717, 1.165) is 23.5 Å². The van der Waals surface area contributed by atoms with Gasteiger partial charge in [0.25, 0.3) is 0 Å². The van der Waals surface area contributed by atoms with Gasteiger partial charge in [0, 0.05) is 36.0 Å². The molecular formula is C19H26N4O3S2. The summed E-state index contributed by atoms with van der Waals surface area (Å²) in [5.74, 6) is 1.12. The van der Waals surface area contributed by atoms with Crippen molar-refractivity contribution in [1.29, 1.82) is 0 Å². The zero-order valence-electron chi connectivity index (χ0n) is 16.5. The van der Waals surface area contributed by atoms with E-state index < -0.39 is 9.84 Å². The van der Waals surface area contributed by atoms with Gasteiger partial charge in [-0.25, -0.2) is 8.42 Å². The molecule has 0 amide bonds. The van der Waals surface area contributed by atoms with E-state index in [1.165, 1.54) is 11.8 Å². The molecule has 2 aromatic heterocycles. The number of sulfone groups is 1. The summed E-state index contributed by atoms with van der Waals surface area (Å²) in [4.78, 5) is 12.7. The molecule has 9 heteroatoms. The summed E-state index contributed by atoms with van der Waals surface area (Å²) in [6.45, 7) is 11.1. The van der Waals surface area contributed by atoms with Gasteiger partial charge in [-0.1, -0.05) is 17.8 Å². The Bertz CT molecular complexity index is 1000. The molecule has 0 radical (unpaired) electrons. The van der Waals surface area contributed by atoms with Gasteiger partial charge in [-0.05, 0) is 33.3 Å². The van der Waals surface area contributed by atoms with Gasteiger partial charge >= 0.3 is 0 Å². The van der Waals surface area contributed by atoms with E-state index in [2.05, 4.69) is 28.3 Å². The predicted molar refractivity (Wildman–Crippen MR) is 111 cm³/mol. The van der Waals surface area contributed by atoms with E-state index in [1.807, 2.05) is 24.5 Å². The van der Waals surface area contributed by atoms with Crippen molar-refractivity contribution in [3.63, 3.8) is 0 Å². The highest BCUT2D eigenvalue weighted by Gasteiger charge is 2.33. The third-order valence-electron chi connectivity index (χ3n) is 5.18. The predicted octanol–water partition coefficient (Wildman–Crippen LogP) is 2.78. The number of ketones is 1. The van der Waals surface area contributed by atoms with Crippen molar-refractivity contribution < 1.29 is 13.2 Å². The first-order valence-corrected chi connectivity index (χ1v) is 12.1. The minimum absolute atomic E-state index is 0.0518. The topological polar surface area (TPSA) is 86.8 Å². The second kappa shape index (κ2) is 8.24. The molecule has 1 atom stereocenters. The van der Waals surface area contributed by atoms with Crippen LogP contribution in [0, 0.1) is 13.8 Å². The van der Waals surface area contributed by atoms with Crippen molar-refractivity contribution in [2.24, 2.45) is 0 Å². The van der Waals surface area contributed by atoms with Gasteiger partial charge in [0.15, 0.2) is 20.8 Å². The third-order valence-corrected chi connectivity index (χ3v) is 7.91. The molecule has 1 aliphatic rings. The Kier molecular flexibility index (Phi) is 6.14. The van der Waals surface area contributed by atoms with Gasteiger partial charge in [-0.2, -0.15) is 0 Å². The number of nitrogens with zero attached hydrogens (tertiary/aromatic N) is 4. The number of aromatic nitrogens is 4. The van der Waals surface area contributed by atoms with Crippen LogP contribution in [0.15, 0.2) is 23.9 Å². The largest absolute Gasteiger partial charge is 0.349 e. The molecule has 2 aromatic rings. The molecule has 0 saturated carbocycles. The van der Waals surface area contributed by atoms with Crippen LogP contribution in [0.5, 0.6) is 0 Å². The van der Waals surface area contributed by atoms with Crippen molar-refractivity contribution in [3.05, 3.63) is 41.5 Å². The average molecular weight is 423 g/mol. The monoisotopic (exact) mass is 422 g/mol. The molecular weight excluding hydrogens is 396 g/mol. The van der Waals surface area contributed by atoms with Crippen LogP contribution in [0.4, 0.5) is 0 Å². The van der Waals surface area contributed by atoms with E-state index in [1.54, 1.807) is 6.08 Å². The first-order valence-electron chi connectivity index (χ1n) is 9.34. The molecule has 3 heterocycles. The number of carbonyl (C=O) groups excluding carboxylic acids is 1. The van der Waals surface area contributed by atoms with E-state index in [-0.39, 0.29) is 29.0 Å². The Labute approximate surface area is 170 Å². The second-order valence-electron chi connectivity index (χ2n) is 7.08. The Morgan fingerprint density at radius 3 is 2.68 bits per heavy atom. The number of rotatable bonds is 8. The minimum atomic E-state index is -3.01. The number of aryl methyl sites for hydroxylation is 1. The van der Waals surface area contributed by atoms with E-state index in [9.17, 15) is 13.2 Å². The molecule has 152 valence electrons. The Morgan fingerprint density at radius 2 is 2.11 bits per heavy atom. The van der Waals surface area contributed by atoms with Crippen molar-refractivity contribution in [2.75, 3.05) is 17.3 Å². The van der Waals surface area contributed by atoms with Crippen molar-refractivity contribution >= 4 is 27.4 Å². The second-order valence-corrected chi connectivity index (χ2v) is 10.3. The molecule has 0 aromatic carbocycles. The molecule has 1 fully saturated rings. The minimum Gasteiger partial charge on any atom is -0.349 e. The fourth-order valence-corrected chi connectivity index (χ4v) is 6.36. The molecule has 1 unspecified atom stereocenters. The fourth-order valence-electron chi connectivity index (χ4n) is 3.79. The van der Waals surface area contributed by atoms with E-state index >= 15 is 0 Å². The summed E-state index contributed by atoms with van der Waals surface area (Å²) < 4.78 is 27.6. The van der Waals surface area contributed by atoms with E-state index in [0.29, 0.717) is 23.9 Å². The van der Waals surface area contributed by atoms with Crippen molar-refractivity contribution in [3.8, 4) is 0 Å². The Morgan fingerprint density at radius 1 is 1.36 bits per heavy atom. The standard InChI is InChI=1S/C19H26N4O3S2/c1-5-8-23-18(15-7-9-28(25,26)12-15)20-21-19(23)27-11-17(24)16-10-13(3)22(6-2)14(16)4/h5,10,15H,1,6-9,11-12H2,2-4H3. The first-order chi connectivity index (χ1) is 13.3.